The smallest absolute Gasteiger partial charge is 0.305 e. The summed E-state index contributed by atoms with van der Waals surface area (Å²) in [5.41, 5.74) is 0. The van der Waals surface area contributed by atoms with Crippen LogP contribution in [0.5, 0.6) is 0 Å². The Labute approximate surface area is 277 Å². The normalized spacial score (nSPS) is 16.7. The van der Waals surface area contributed by atoms with Gasteiger partial charge in [-0.15, -0.1) is 0 Å². The van der Waals surface area contributed by atoms with Crippen LogP contribution in [0.4, 0.5) is 0 Å². The molecule has 1 N–H and O–H groups in total. The molecular formula is C39H72O6. The van der Waals surface area contributed by atoms with Crippen molar-refractivity contribution in [2.45, 2.75) is 212 Å². The first-order chi connectivity index (χ1) is 22.1. The molecule has 0 saturated carbocycles. The fraction of sp³-hybridized carbons (Fsp3) is 0.897. The monoisotopic (exact) mass is 637 g/mol. The average molecular weight is 637 g/mol. The molecule has 1 rings (SSSR count). The van der Waals surface area contributed by atoms with Crippen LogP contribution in [0.3, 0.4) is 0 Å². The highest BCUT2D eigenvalue weighted by Crippen LogP contribution is 2.30. The van der Waals surface area contributed by atoms with E-state index >= 15 is 0 Å². The summed E-state index contributed by atoms with van der Waals surface area (Å²) in [5.74, 6) is -0.580. The summed E-state index contributed by atoms with van der Waals surface area (Å²) >= 11 is 0. The van der Waals surface area contributed by atoms with E-state index in [1.807, 2.05) is 0 Å². The van der Waals surface area contributed by atoms with Gasteiger partial charge in [-0.3, -0.25) is 9.59 Å². The maximum absolute atomic E-state index is 12.0. The number of ether oxygens (including phenoxy) is 3. The molecule has 6 nitrogen and oxygen atoms in total. The van der Waals surface area contributed by atoms with Crippen LogP contribution in [0, 0.1) is 0 Å². The third-order valence-electron chi connectivity index (χ3n) is 8.92. The van der Waals surface area contributed by atoms with Crippen molar-refractivity contribution in [3.8, 4) is 0 Å². The van der Waals surface area contributed by atoms with Gasteiger partial charge in [0.15, 0.2) is 0 Å². The Morgan fingerprint density at radius 2 is 1.00 bits per heavy atom. The van der Waals surface area contributed by atoms with Crippen molar-refractivity contribution in [1.82, 2.24) is 0 Å². The van der Waals surface area contributed by atoms with E-state index in [1.54, 1.807) is 0 Å². The number of rotatable bonds is 34. The summed E-state index contributed by atoms with van der Waals surface area (Å²) in [5, 5.41) is 10.0. The van der Waals surface area contributed by atoms with Crippen molar-refractivity contribution < 1.29 is 28.9 Å². The number of hydrogen-bond donors (Lipinski definition) is 1. The maximum atomic E-state index is 12.0. The molecule has 0 aromatic rings. The average Bonchev–Trinajstić information content (AvgIpc) is 3.79. The van der Waals surface area contributed by atoms with Crippen LogP contribution in [0.15, 0.2) is 12.2 Å². The van der Waals surface area contributed by atoms with E-state index in [1.165, 1.54) is 109 Å². The largest absolute Gasteiger partial charge is 0.463 e. The number of carbonyl (C=O) groups is 2. The molecule has 1 fully saturated rings. The molecule has 1 heterocycles. The highest BCUT2D eigenvalue weighted by molar-refractivity contribution is 5.69. The fourth-order valence-electron chi connectivity index (χ4n) is 5.86. The van der Waals surface area contributed by atoms with E-state index in [2.05, 4.69) is 26.0 Å². The summed E-state index contributed by atoms with van der Waals surface area (Å²) in [4.78, 5) is 23.9. The standard InChI is InChI=1S/C39H72O6/c1-3-5-7-9-11-12-13-14-15-16-17-18-19-23-27-31-38(41)43-33-35(40)34-44-39(42)32-28-24-20-22-26-30-37-36(45-37)29-25-21-10-8-6-4-2/h21,25,35-37,40H,3-20,22-24,26-34H2,1-2H3/b25-21-/t35-,36?,37?/m1/s1. The lowest BCUT2D eigenvalue weighted by Crippen LogP contribution is -2.25. The Morgan fingerprint density at radius 1 is 0.578 bits per heavy atom. The highest BCUT2D eigenvalue weighted by atomic mass is 16.6. The summed E-state index contributed by atoms with van der Waals surface area (Å²) < 4.78 is 16.1. The van der Waals surface area contributed by atoms with Crippen LogP contribution in [-0.2, 0) is 23.8 Å². The Morgan fingerprint density at radius 3 is 1.49 bits per heavy atom. The summed E-state index contributed by atoms with van der Waals surface area (Å²) in [6.45, 7) is 4.26. The van der Waals surface area contributed by atoms with Gasteiger partial charge in [-0.25, -0.2) is 0 Å². The predicted molar refractivity (Wildman–Crippen MR) is 186 cm³/mol. The zero-order chi connectivity index (χ0) is 32.6. The van der Waals surface area contributed by atoms with Gasteiger partial charge in [0, 0.05) is 12.8 Å². The highest BCUT2D eigenvalue weighted by Gasteiger charge is 2.36. The molecule has 0 aromatic carbocycles. The summed E-state index contributed by atoms with van der Waals surface area (Å²) in [7, 11) is 0. The Kier molecular flexibility index (Phi) is 28.9. The lowest BCUT2D eigenvalue weighted by atomic mass is 10.0. The molecule has 2 unspecified atom stereocenters. The second-order valence-corrected chi connectivity index (χ2v) is 13.4. The van der Waals surface area contributed by atoms with Crippen molar-refractivity contribution in [2.24, 2.45) is 0 Å². The number of hydrogen-bond acceptors (Lipinski definition) is 6. The fourth-order valence-corrected chi connectivity index (χ4v) is 5.86. The van der Waals surface area contributed by atoms with Crippen LogP contribution < -0.4 is 0 Å². The maximum Gasteiger partial charge on any atom is 0.305 e. The van der Waals surface area contributed by atoms with E-state index in [4.69, 9.17) is 14.2 Å². The first-order valence-electron chi connectivity index (χ1n) is 19.4. The van der Waals surface area contributed by atoms with Gasteiger partial charge in [0.05, 0.1) is 12.2 Å². The number of esters is 2. The molecular weight excluding hydrogens is 564 g/mol. The minimum absolute atomic E-state index is 0.119. The summed E-state index contributed by atoms with van der Waals surface area (Å²) in [6.07, 6.45) is 37.1. The first-order valence-corrected chi connectivity index (χ1v) is 19.4. The minimum atomic E-state index is -0.969. The molecule has 6 heteroatoms. The molecule has 264 valence electrons. The van der Waals surface area contributed by atoms with Crippen LogP contribution in [-0.4, -0.2) is 48.6 Å². The zero-order valence-electron chi connectivity index (χ0n) is 29.6. The van der Waals surface area contributed by atoms with Gasteiger partial charge in [-0.05, 0) is 38.5 Å². The number of allylic oxidation sites excluding steroid dienone is 1. The van der Waals surface area contributed by atoms with E-state index in [-0.39, 0.29) is 25.2 Å². The second kappa shape index (κ2) is 31.2. The van der Waals surface area contributed by atoms with E-state index in [0.717, 1.165) is 57.8 Å². The lowest BCUT2D eigenvalue weighted by Gasteiger charge is -2.12. The third kappa shape index (κ3) is 28.5. The topological polar surface area (TPSA) is 85.4 Å². The SMILES string of the molecule is CCCCC/C=C\CC1OC1CCCCCCCC(=O)OC[C@H](O)COC(=O)CCCCCCCCCCCCCCCCC. The van der Waals surface area contributed by atoms with Gasteiger partial charge < -0.3 is 19.3 Å². The van der Waals surface area contributed by atoms with Gasteiger partial charge in [0.2, 0.25) is 0 Å². The molecule has 1 aliphatic rings. The zero-order valence-corrected chi connectivity index (χ0v) is 29.6. The lowest BCUT2D eigenvalue weighted by molar-refractivity contribution is -0.152. The molecule has 0 radical (unpaired) electrons. The van der Waals surface area contributed by atoms with Gasteiger partial charge in [-0.1, -0.05) is 154 Å². The van der Waals surface area contributed by atoms with Gasteiger partial charge in [0.25, 0.3) is 0 Å². The van der Waals surface area contributed by atoms with Gasteiger partial charge in [0.1, 0.15) is 19.3 Å². The molecule has 1 aliphatic heterocycles. The minimum Gasteiger partial charge on any atom is -0.463 e. The van der Waals surface area contributed by atoms with Gasteiger partial charge >= 0.3 is 11.9 Å². The Bertz CT molecular complexity index is 708. The number of aliphatic hydroxyl groups excluding tert-OH is 1. The summed E-state index contributed by atoms with van der Waals surface area (Å²) in [6, 6.07) is 0. The molecule has 3 atom stereocenters. The molecule has 0 bridgehead atoms. The van der Waals surface area contributed by atoms with Crippen LogP contribution in [0.2, 0.25) is 0 Å². The van der Waals surface area contributed by atoms with Crippen molar-refractivity contribution in [3.05, 3.63) is 12.2 Å². The van der Waals surface area contributed by atoms with Crippen molar-refractivity contribution in [1.29, 1.82) is 0 Å². The molecule has 0 aromatic heterocycles. The van der Waals surface area contributed by atoms with Crippen LogP contribution >= 0.6 is 0 Å². The van der Waals surface area contributed by atoms with Crippen molar-refractivity contribution in [3.63, 3.8) is 0 Å². The van der Waals surface area contributed by atoms with Crippen LogP contribution in [0.1, 0.15) is 194 Å². The van der Waals surface area contributed by atoms with Gasteiger partial charge in [-0.2, -0.15) is 0 Å². The third-order valence-corrected chi connectivity index (χ3v) is 8.92. The number of aliphatic hydroxyl groups is 1. The quantitative estimate of drug-likeness (QED) is 0.0327. The van der Waals surface area contributed by atoms with Crippen molar-refractivity contribution >= 4 is 11.9 Å². The van der Waals surface area contributed by atoms with E-state index in [9.17, 15) is 14.7 Å². The predicted octanol–water partition coefficient (Wildman–Crippen LogP) is 10.7. The second-order valence-electron chi connectivity index (χ2n) is 13.4. The number of unbranched alkanes of at least 4 members (excludes halogenated alkanes) is 21. The Hall–Kier alpha value is -1.40. The van der Waals surface area contributed by atoms with E-state index in [0.29, 0.717) is 25.0 Å². The van der Waals surface area contributed by atoms with E-state index < -0.39 is 6.10 Å². The molecule has 1 saturated heterocycles. The number of carbonyl (C=O) groups excluding carboxylic acids is 2. The first kappa shape index (κ1) is 41.6. The Balaban J connectivity index is 1.81. The molecule has 0 aliphatic carbocycles. The van der Waals surface area contributed by atoms with Crippen molar-refractivity contribution in [2.75, 3.05) is 13.2 Å². The van der Waals surface area contributed by atoms with Crippen LogP contribution in [0.25, 0.3) is 0 Å². The molecule has 0 spiro atoms. The number of epoxide rings is 1. The molecule has 45 heavy (non-hydrogen) atoms. The molecule has 0 amide bonds.